The fraction of sp³-hybridized carbons (Fsp3) is 0.625. The highest BCUT2D eigenvalue weighted by atomic mass is 35.5. The van der Waals surface area contributed by atoms with Crippen LogP contribution < -0.4 is 5.73 Å². The lowest BCUT2D eigenvalue weighted by molar-refractivity contribution is -0.0813. The highest BCUT2D eigenvalue weighted by Gasteiger charge is 2.47. The molecular weight excluding hydrogens is 258 g/mol. The van der Waals surface area contributed by atoms with E-state index in [0.717, 1.165) is 31.2 Å². The molecule has 0 amide bonds. The lowest BCUT2D eigenvalue weighted by atomic mass is 9.65. The highest BCUT2D eigenvalue weighted by Crippen LogP contribution is 2.49. The molecule has 3 N–H and O–H groups in total. The van der Waals surface area contributed by atoms with Gasteiger partial charge in [0.2, 0.25) is 0 Å². The first-order chi connectivity index (χ1) is 9.03. The van der Waals surface area contributed by atoms with Crippen LogP contribution in [-0.4, -0.2) is 11.7 Å². The standard InChI is InChI=1S/C16H24ClNO/c1-15(19,13-8-4-5-9-14(13)17)16(12-18)10-6-2-3-7-11-16/h4-5,8-9,19H,2-3,6-7,10-12,18H2,1H3. The molecule has 0 saturated heterocycles. The Kier molecular flexibility index (Phi) is 4.54. The number of benzene rings is 1. The van der Waals surface area contributed by atoms with E-state index in [9.17, 15) is 5.11 Å². The maximum absolute atomic E-state index is 11.2. The first-order valence-electron chi connectivity index (χ1n) is 7.21. The molecule has 19 heavy (non-hydrogen) atoms. The molecular formula is C16H24ClNO. The number of halogens is 1. The van der Waals surface area contributed by atoms with E-state index in [1.165, 1.54) is 12.8 Å². The Labute approximate surface area is 121 Å². The minimum Gasteiger partial charge on any atom is -0.385 e. The number of hydrogen-bond acceptors (Lipinski definition) is 2. The zero-order valence-corrected chi connectivity index (χ0v) is 12.4. The fourth-order valence-corrected chi connectivity index (χ4v) is 3.76. The molecule has 1 aliphatic rings. The van der Waals surface area contributed by atoms with Crippen molar-refractivity contribution in [1.82, 2.24) is 0 Å². The van der Waals surface area contributed by atoms with E-state index < -0.39 is 5.60 Å². The van der Waals surface area contributed by atoms with Crippen molar-refractivity contribution in [1.29, 1.82) is 0 Å². The van der Waals surface area contributed by atoms with Gasteiger partial charge in [-0.3, -0.25) is 0 Å². The van der Waals surface area contributed by atoms with E-state index in [2.05, 4.69) is 0 Å². The number of rotatable bonds is 3. The molecule has 2 nitrogen and oxygen atoms in total. The Morgan fingerprint density at radius 1 is 1.21 bits per heavy atom. The van der Waals surface area contributed by atoms with Gasteiger partial charge in [0, 0.05) is 22.5 Å². The molecule has 0 radical (unpaired) electrons. The quantitative estimate of drug-likeness (QED) is 0.827. The van der Waals surface area contributed by atoms with E-state index >= 15 is 0 Å². The lowest BCUT2D eigenvalue weighted by Gasteiger charge is -2.45. The first kappa shape index (κ1) is 14.8. The molecule has 0 spiro atoms. The summed E-state index contributed by atoms with van der Waals surface area (Å²) in [6, 6.07) is 7.58. The van der Waals surface area contributed by atoms with Crippen LogP contribution >= 0.6 is 11.6 Å². The maximum atomic E-state index is 11.2. The van der Waals surface area contributed by atoms with Crippen LogP contribution in [0, 0.1) is 5.41 Å². The van der Waals surface area contributed by atoms with Crippen LogP contribution in [0.5, 0.6) is 0 Å². The van der Waals surface area contributed by atoms with Gasteiger partial charge in [0.15, 0.2) is 0 Å². The Bertz CT molecular complexity index is 423. The fourth-order valence-electron chi connectivity index (χ4n) is 3.44. The highest BCUT2D eigenvalue weighted by molar-refractivity contribution is 6.31. The first-order valence-corrected chi connectivity index (χ1v) is 7.59. The second-order valence-electron chi connectivity index (χ2n) is 5.95. The van der Waals surface area contributed by atoms with Gasteiger partial charge in [-0.15, -0.1) is 0 Å². The minimum atomic E-state index is -0.968. The zero-order chi connectivity index (χ0) is 13.9. The third-order valence-electron chi connectivity index (χ3n) is 4.88. The zero-order valence-electron chi connectivity index (χ0n) is 11.7. The van der Waals surface area contributed by atoms with E-state index in [4.69, 9.17) is 17.3 Å². The van der Waals surface area contributed by atoms with Gasteiger partial charge in [0.25, 0.3) is 0 Å². The van der Waals surface area contributed by atoms with Crippen molar-refractivity contribution in [3.8, 4) is 0 Å². The second-order valence-corrected chi connectivity index (χ2v) is 6.36. The summed E-state index contributed by atoms with van der Waals surface area (Å²) in [6.07, 6.45) is 6.69. The van der Waals surface area contributed by atoms with Gasteiger partial charge >= 0.3 is 0 Å². The Balaban J connectivity index is 2.42. The predicted octanol–water partition coefficient (Wildman–Crippen LogP) is 3.85. The van der Waals surface area contributed by atoms with Crippen LogP contribution in [0.4, 0.5) is 0 Å². The summed E-state index contributed by atoms with van der Waals surface area (Å²) in [4.78, 5) is 0. The molecule has 0 aliphatic heterocycles. The monoisotopic (exact) mass is 281 g/mol. The molecule has 1 aromatic rings. The number of nitrogens with two attached hydrogens (primary N) is 1. The average molecular weight is 282 g/mol. The molecule has 106 valence electrons. The Hall–Kier alpha value is -0.570. The summed E-state index contributed by atoms with van der Waals surface area (Å²) < 4.78 is 0. The maximum Gasteiger partial charge on any atom is 0.0950 e. The van der Waals surface area contributed by atoms with Crippen molar-refractivity contribution >= 4 is 11.6 Å². The van der Waals surface area contributed by atoms with Crippen LogP contribution in [0.25, 0.3) is 0 Å². The Morgan fingerprint density at radius 2 is 1.79 bits per heavy atom. The summed E-state index contributed by atoms with van der Waals surface area (Å²) in [6.45, 7) is 2.39. The molecule has 1 unspecified atom stereocenters. The van der Waals surface area contributed by atoms with Crippen molar-refractivity contribution < 1.29 is 5.11 Å². The SMILES string of the molecule is CC(O)(c1ccccc1Cl)C1(CN)CCCCCC1. The van der Waals surface area contributed by atoms with E-state index in [-0.39, 0.29) is 5.41 Å². The summed E-state index contributed by atoms with van der Waals surface area (Å²) >= 11 is 6.29. The summed E-state index contributed by atoms with van der Waals surface area (Å²) in [7, 11) is 0. The van der Waals surface area contributed by atoms with E-state index in [0.29, 0.717) is 11.6 Å². The van der Waals surface area contributed by atoms with Crippen molar-refractivity contribution in [2.45, 2.75) is 51.0 Å². The van der Waals surface area contributed by atoms with Gasteiger partial charge in [-0.25, -0.2) is 0 Å². The summed E-state index contributed by atoms with van der Waals surface area (Å²) in [5.41, 5.74) is 5.66. The predicted molar refractivity (Wildman–Crippen MR) is 80.2 cm³/mol. The van der Waals surface area contributed by atoms with Crippen LogP contribution in [0.1, 0.15) is 51.0 Å². The normalized spacial score (nSPS) is 22.5. The van der Waals surface area contributed by atoms with Crippen molar-refractivity contribution in [3.63, 3.8) is 0 Å². The van der Waals surface area contributed by atoms with Crippen LogP contribution in [-0.2, 0) is 5.60 Å². The molecule has 1 fully saturated rings. The molecule has 1 aliphatic carbocycles. The molecule has 1 aromatic carbocycles. The van der Waals surface area contributed by atoms with Crippen LogP contribution in [0.2, 0.25) is 5.02 Å². The van der Waals surface area contributed by atoms with E-state index in [1.807, 2.05) is 31.2 Å². The van der Waals surface area contributed by atoms with Crippen LogP contribution in [0.15, 0.2) is 24.3 Å². The topological polar surface area (TPSA) is 46.2 Å². The van der Waals surface area contributed by atoms with Crippen molar-refractivity contribution in [2.75, 3.05) is 6.54 Å². The van der Waals surface area contributed by atoms with Gasteiger partial charge < -0.3 is 10.8 Å². The molecule has 1 saturated carbocycles. The minimum absolute atomic E-state index is 0.255. The third kappa shape index (κ3) is 2.67. The number of hydrogen-bond donors (Lipinski definition) is 2. The molecule has 2 rings (SSSR count). The molecule has 3 heteroatoms. The van der Waals surface area contributed by atoms with E-state index in [1.54, 1.807) is 0 Å². The van der Waals surface area contributed by atoms with Gasteiger partial charge in [-0.05, 0) is 25.8 Å². The largest absolute Gasteiger partial charge is 0.385 e. The average Bonchev–Trinajstić information content (AvgIpc) is 2.65. The molecule has 0 heterocycles. The van der Waals surface area contributed by atoms with Crippen molar-refractivity contribution in [2.24, 2.45) is 11.1 Å². The lowest BCUT2D eigenvalue weighted by Crippen LogP contribution is -2.48. The molecule has 0 bridgehead atoms. The van der Waals surface area contributed by atoms with Crippen molar-refractivity contribution in [3.05, 3.63) is 34.9 Å². The summed E-state index contributed by atoms with van der Waals surface area (Å²) in [5, 5.41) is 11.8. The van der Waals surface area contributed by atoms with Gasteiger partial charge in [0.05, 0.1) is 5.60 Å². The number of aliphatic hydroxyl groups is 1. The van der Waals surface area contributed by atoms with Gasteiger partial charge in [0.1, 0.15) is 0 Å². The smallest absolute Gasteiger partial charge is 0.0950 e. The van der Waals surface area contributed by atoms with Gasteiger partial charge in [-0.1, -0.05) is 55.5 Å². The van der Waals surface area contributed by atoms with Crippen LogP contribution in [0.3, 0.4) is 0 Å². The molecule has 1 atom stereocenters. The Morgan fingerprint density at radius 3 is 2.32 bits per heavy atom. The summed E-state index contributed by atoms with van der Waals surface area (Å²) in [5.74, 6) is 0. The third-order valence-corrected chi connectivity index (χ3v) is 5.21. The van der Waals surface area contributed by atoms with Gasteiger partial charge in [-0.2, -0.15) is 0 Å². The molecule has 0 aromatic heterocycles. The second kappa shape index (κ2) is 5.82.